The molecule has 1 heterocycles. The number of hydrogen-bond donors (Lipinski definition) is 0. The second-order valence-electron chi connectivity index (χ2n) is 4.95. The molecule has 0 aliphatic carbocycles. The van der Waals surface area contributed by atoms with Crippen molar-refractivity contribution in [2.45, 2.75) is 39.5 Å². The summed E-state index contributed by atoms with van der Waals surface area (Å²) in [4.78, 5) is 0.988. The van der Waals surface area contributed by atoms with Gasteiger partial charge in [0.1, 0.15) is 5.83 Å². The minimum atomic E-state index is -0.0770. The van der Waals surface area contributed by atoms with Gasteiger partial charge in [0.2, 0.25) is 0 Å². The van der Waals surface area contributed by atoms with E-state index in [1.54, 1.807) is 17.4 Å². The molecule has 20 heavy (non-hydrogen) atoms. The van der Waals surface area contributed by atoms with Crippen LogP contribution in [0.3, 0.4) is 0 Å². The SMILES string of the molecule is CCC/C=C(CCC)/C(F)=C/c1cc2ccccc2s1. The fourth-order valence-electron chi connectivity index (χ4n) is 2.20. The summed E-state index contributed by atoms with van der Waals surface area (Å²) >= 11 is 1.64. The highest BCUT2D eigenvalue weighted by molar-refractivity contribution is 7.19. The summed E-state index contributed by atoms with van der Waals surface area (Å²) in [6.07, 6.45) is 7.52. The molecule has 2 heteroatoms. The predicted octanol–water partition coefficient (Wildman–Crippen LogP) is 6.74. The summed E-state index contributed by atoms with van der Waals surface area (Å²) in [5, 5.41) is 1.19. The van der Waals surface area contributed by atoms with Crippen LogP contribution in [-0.4, -0.2) is 0 Å². The second-order valence-corrected chi connectivity index (χ2v) is 6.06. The van der Waals surface area contributed by atoms with Crippen LogP contribution in [0, 0.1) is 0 Å². The first kappa shape index (κ1) is 15.0. The normalized spacial score (nSPS) is 13.2. The Balaban J connectivity index is 2.26. The van der Waals surface area contributed by atoms with E-state index in [9.17, 15) is 4.39 Å². The Labute approximate surface area is 124 Å². The van der Waals surface area contributed by atoms with Crippen LogP contribution in [-0.2, 0) is 0 Å². The standard InChI is InChI=1S/C18H21FS/c1-3-5-9-14(8-4-2)17(19)13-16-12-15-10-6-7-11-18(15)20-16/h6-7,9-13H,3-5,8H2,1-2H3/b14-9+,17-13-. The Morgan fingerprint density at radius 1 is 1.20 bits per heavy atom. The number of fused-ring (bicyclic) bond motifs is 1. The zero-order valence-corrected chi connectivity index (χ0v) is 13.0. The van der Waals surface area contributed by atoms with Crippen molar-refractivity contribution in [3.8, 4) is 0 Å². The Kier molecular flexibility index (Phi) is 5.54. The molecule has 0 bridgehead atoms. The van der Waals surface area contributed by atoms with E-state index in [-0.39, 0.29) is 5.83 Å². The summed E-state index contributed by atoms with van der Waals surface area (Å²) in [6.45, 7) is 4.21. The average molecular weight is 288 g/mol. The van der Waals surface area contributed by atoms with E-state index in [0.29, 0.717) is 0 Å². The van der Waals surface area contributed by atoms with Crippen molar-refractivity contribution in [3.05, 3.63) is 52.7 Å². The lowest BCUT2D eigenvalue weighted by atomic mass is 10.1. The molecule has 0 aliphatic rings. The Morgan fingerprint density at radius 2 is 2.00 bits per heavy atom. The molecule has 0 radical (unpaired) electrons. The number of thiophene rings is 1. The van der Waals surface area contributed by atoms with Crippen molar-refractivity contribution in [2.24, 2.45) is 0 Å². The Hall–Kier alpha value is -1.41. The largest absolute Gasteiger partial charge is 0.207 e. The minimum absolute atomic E-state index is 0.0770. The number of rotatable bonds is 6. The van der Waals surface area contributed by atoms with Gasteiger partial charge in [-0.05, 0) is 42.0 Å². The maximum Gasteiger partial charge on any atom is 0.127 e. The van der Waals surface area contributed by atoms with E-state index in [1.165, 1.54) is 10.1 Å². The van der Waals surface area contributed by atoms with Crippen LogP contribution in [0.5, 0.6) is 0 Å². The van der Waals surface area contributed by atoms with Gasteiger partial charge >= 0.3 is 0 Å². The lowest BCUT2D eigenvalue weighted by molar-refractivity contribution is 0.641. The van der Waals surface area contributed by atoms with Crippen LogP contribution in [0.15, 0.2) is 47.8 Å². The summed E-state index contributed by atoms with van der Waals surface area (Å²) in [5.41, 5.74) is 0.854. The van der Waals surface area contributed by atoms with Gasteiger partial charge in [-0.15, -0.1) is 11.3 Å². The third-order valence-electron chi connectivity index (χ3n) is 3.22. The third kappa shape index (κ3) is 3.80. The van der Waals surface area contributed by atoms with E-state index in [4.69, 9.17) is 0 Å². The van der Waals surface area contributed by atoms with Crippen molar-refractivity contribution in [1.29, 1.82) is 0 Å². The van der Waals surface area contributed by atoms with Crippen LogP contribution in [0.1, 0.15) is 44.4 Å². The average Bonchev–Trinajstić information content (AvgIpc) is 2.85. The van der Waals surface area contributed by atoms with Gasteiger partial charge in [-0.2, -0.15) is 0 Å². The fourth-order valence-corrected chi connectivity index (χ4v) is 3.19. The fraction of sp³-hybridized carbons (Fsp3) is 0.333. The molecule has 1 aromatic carbocycles. The molecule has 2 aromatic rings. The molecule has 0 spiro atoms. The molecule has 106 valence electrons. The highest BCUT2D eigenvalue weighted by Gasteiger charge is 2.05. The molecule has 0 N–H and O–H groups in total. The molecule has 1 aromatic heterocycles. The minimum Gasteiger partial charge on any atom is -0.207 e. The summed E-state index contributed by atoms with van der Waals surface area (Å²) in [6, 6.07) is 10.2. The van der Waals surface area contributed by atoms with Crippen LogP contribution in [0.4, 0.5) is 4.39 Å². The monoisotopic (exact) mass is 288 g/mol. The van der Waals surface area contributed by atoms with Crippen LogP contribution in [0.25, 0.3) is 16.2 Å². The van der Waals surface area contributed by atoms with Crippen molar-refractivity contribution in [2.75, 3.05) is 0 Å². The van der Waals surface area contributed by atoms with E-state index >= 15 is 0 Å². The highest BCUT2D eigenvalue weighted by atomic mass is 32.1. The molecule has 2 rings (SSSR count). The number of allylic oxidation sites excluding steroid dienone is 3. The molecular weight excluding hydrogens is 267 g/mol. The number of hydrogen-bond acceptors (Lipinski definition) is 1. The smallest absolute Gasteiger partial charge is 0.127 e. The maximum absolute atomic E-state index is 14.4. The van der Waals surface area contributed by atoms with E-state index in [2.05, 4.69) is 32.0 Å². The third-order valence-corrected chi connectivity index (χ3v) is 4.28. The van der Waals surface area contributed by atoms with Gasteiger partial charge in [0.05, 0.1) is 0 Å². The summed E-state index contributed by atoms with van der Waals surface area (Å²) in [5.74, 6) is -0.0770. The number of unbranched alkanes of at least 4 members (excludes halogenated alkanes) is 1. The lowest BCUT2D eigenvalue weighted by Crippen LogP contribution is -1.85. The van der Waals surface area contributed by atoms with Crippen LogP contribution >= 0.6 is 11.3 Å². The molecule has 0 aliphatic heterocycles. The Morgan fingerprint density at radius 3 is 2.70 bits per heavy atom. The Bertz CT molecular complexity index is 586. The zero-order chi connectivity index (χ0) is 14.4. The van der Waals surface area contributed by atoms with Crippen molar-refractivity contribution in [3.63, 3.8) is 0 Å². The molecular formula is C18H21FS. The van der Waals surface area contributed by atoms with Gasteiger partial charge in [0.15, 0.2) is 0 Å². The molecule has 0 saturated heterocycles. The maximum atomic E-state index is 14.4. The molecule has 0 saturated carbocycles. The quantitative estimate of drug-likeness (QED) is 0.516. The van der Waals surface area contributed by atoms with Gasteiger partial charge in [0.25, 0.3) is 0 Å². The van der Waals surface area contributed by atoms with Gasteiger partial charge in [-0.3, -0.25) is 0 Å². The molecule has 0 unspecified atom stereocenters. The molecule has 0 fully saturated rings. The van der Waals surface area contributed by atoms with E-state index in [1.807, 2.05) is 18.2 Å². The van der Waals surface area contributed by atoms with Gasteiger partial charge in [-0.25, -0.2) is 4.39 Å². The van der Waals surface area contributed by atoms with Gasteiger partial charge in [0, 0.05) is 9.58 Å². The molecule has 0 nitrogen and oxygen atoms in total. The highest BCUT2D eigenvalue weighted by Crippen LogP contribution is 2.29. The van der Waals surface area contributed by atoms with Crippen LogP contribution in [0.2, 0.25) is 0 Å². The first-order valence-corrected chi connectivity index (χ1v) is 8.11. The van der Waals surface area contributed by atoms with Gasteiger partial charge < -0.3 is 0 Å². The van der Waals surface area contributed by atoms with Crippen molar-refractivity contribution >= 4 is 27.5 Å². The molecule has 0 atom stereocenters. The van der Waals surface area contributed by atoms with Crippen LogP contribution < -0.4 is 0 Å². The zero-order valence-electron chi connectivity index (χ0n) is 12.2. The van der Waals surface area contributed by atoms with Crippen molar-refractivity contribution in [1.82, 2.24) is 0 Å². The van der Waals surface area contributed by atoms with E-state index in [0.717, 1.165) is 36.1 Å². The summed E-state index contributed by atoms with van der Waals surface area (Å²) < 4.78 is 15.6. The topological polar surface area (TPSA) is 0 Å². The van der Waals surface area contributed by atoms with Crippen molar-refractivity contribution < 1.29 is 4.39 Å². The second kappa shape index (κ2) is 7.39. The molecule has 0 amide bonds. The van der Waals surface area contributed by atoms with Gasteiger partial charge in [-0.1, -0.05) is 51.0 Å². The lowest BCUT2D eigenvalue weighted by Gasteiger charge is -2.03. The predicted molar refractivity (Wildman–Crippen MR) is 88.8 cm³/mol. The first-order chi connectivity index (χ1) is 9.74. The number of benzene rings is 1. The first-order valence-electron chi connectivity index (χ1n) is 7.29. The van der Waals surface area contributed by atoms with E-state index < -0.39 is 0 Å². The summed E-state index contributed by atoms with van der Waals surface area (Å²) in [7, 11) is 0. The number of halogens is 1.